The number of benzene rings is 2. The molecule has 5 nitrogen and oxygen atoms in total. The number of rotatable bonds is 7. The summed E-state index contributed by atoms with van der Waals surface area (Å²) in [6.45, 7) is 4.78. The predicted octanol–water partition coefficient (Wildman–Crippen LogP) is 4.42. The van der Waals surface area contributed by atoms with Crippen molar-refractivity contribution in [3.8, 4) is 5.69 Å². The first-order valence-corrected chi connectivity index (χ1v) is 10.7. The van der Waals surface area contributed by atoms with Gasteiger partial charge in [0, 0.05) is 36.0 Å². The van der Waals surface area contributed by atoms with Gasteiger partial charge in [-0.05, 0) is 49.1 Å². The first-order valence-electron chi connectivity index (χ1n) is 9.67. The van der Waals surface area contributed by atoms with Crippen LogP contribution in [-0.2, 0) is 11.2 Å². The second-order valence-corrected chi connectivity index (χ2v) is 8.06. The van der Waals surface area contributed by atoms with Crippen LogP contribution in [0.15, 0.2) is 66.2 Å². The van der Waals surface area contributed by atoms with E-state index in [1.807, 2.05) is 29.1 Å². The Kier molecular flexibility index (Phi) is 5.71. The van der Waals surface area contributed by atoms with E-state index in [0.717, 1.165) is 22.8 Å². The average Bonchev–Trinajstić information content (AvgIpc) is 3.35. The fourth-order valence-corrected chi connectivity index (χ4v) is 4.21. The summed E-state index contributed by atoms with van der Waals surface area (Å²) >= 11 is 1.46. The number of carbonyl (C=O) groups excluding carboxylic acids is 1. The number of nitrogens with one attached hydrogen (secondary N) is 2. The number of hydrogen-bond acceptors (Lipinski definition) is 3. The molecule has 0 aliphatic rings. The van der Waals surface area contributed by atoms with Gasteiger partial charge in [0.1, 0.15) is 0 Å². The van der Waals surface area contributed by atoms with Crippen LogP contribution in [0.2, 0.25) is 0 Å². The van der Waals surface area contributed by atoms with E-state index in [9.17, 15) is 4.79 Å². The van der Waals surface area contributed by atoms with Gasteiger partial charge in [-0.3, -0.25) is 9.36 Å². The number of aromatic amines is 1. The quantitative estimate of drug-likeness (QED) is 0.448. The highest BCUT2D eigenvalue weighted by Crippen LogP contribution is 2.23. The smallest absolute Gasteiger partial charge is 0.230 e. The Bertz CT molecular complexity index is 1140. The maximum Gasteiger partial charge on any atom is 0.230 e. The third-order valence-corrected chi connectivity index (χ3v) is 5.92. The van der Waals surface area contributed by atoms with E-state index in [4.69, 9.17) is 0 Å². The number of carbonyl (C=O) groups is 1. The molecule has 4 aromatic rings. The summed E-state index contributed by atoms with van der Waals surface area (Å²) in [6, 6.07) is 14.6. The summed E-state index contributed by atoms with van der Waals surface area (Å²) in [4.78, 5) is 20.0. The molecule has 0 bridgehead atoms. The molecule has 2 aromatic carbocycles. The van der Waals surface area contributed by atoms with Gasteiger partial charge in [-0.15, -0.1) is 0 Å². The van der Waals surface area contributed by atoms with Crippen LogP contribution >= 0.6 is 11.8 Å². The van der Waals surface area contributed by atoms with Crippen LogP contribution in [0.5, 0.6) is 0 Å². The zero-order chi connectivity index (χ0) is 20.2. The normalized spacial score (nSPS) is 11.1. The Labute approximate surface area is 174 Å². The number of amides is 1. The zero-order valence-corrected chi connectivity index (χ0v) is 17.4. The van der Waals surface area contributed by atoms with Crippen molar-refractivity contribution < 1.29 is 4.79 Å². The van der Waals surface area contributed by atoms with Gasteiger partial charge in [0.25, 0.3) is 0 Å². The number of hydrogen-bond donors (Lipinski definition) is 2. The van der Waals surface area contributed by atoms with Crippen LogP contribution in [0.1, 0.15) is 16.7 Å². The SMILES string of the molecule is Cc1ccc(C)c(-n2ccnc2SCC(=O)NCCc2c[nH]c3ccccc23)c1. The van der Waals surface area contributed by atoms with Crippen molar-refractivity contribution in [3.63, 3.8) is 0 Å². The van der Waals surface area contributed by atoms with Gasteiger partial charge >= 0.3 is 0 Å². The lowest BCUT2D eigenvalue weighted by atomic mass is 10.1. The van der Waals surface area contributed by atoms with Crippen molar-refractivity contribution in [1.29, 1.82) is 0 Å². The Balaban J connectivity index is 1.33. The Hall–Kier alpha value is -2.99. The first-order chi connectivity index (χ1) is 14.1. The van der Waals surface area contributed by atoms with Gasteiger partial charge in [0.2, 0.25) is 5.91 Å². The van der Waals surface area contributed by atoms with Gasteiger partial charge < -0.3 is 10.3 Å². The standard InChI is InChI=1S/C23H24N4OS/c1-16-7-8-17(2)21(13-16)27-12-11-25-23(27)29-15-22(28)24-10-9-18-14-26-20-6-4-3-5-19(18)20/h3-8,11-14,26H,9-10,15H2,1-2H3,(H,24,28). The van der Waals surface area contributed by atoms with E-state index < -0.39 is 0 Å². The molecular formula is C23H24N4OS. The van der Waals surface area contributed by atoms with Crippen LogP contribution < -0.4 is 5.32 Å². The summed E-state index contributed by atoms with van der Waals surface area (Å²) in [5.74, 6) is 0.362. The molecule has 2 N–H and O–H groups in total. The fraction of sp³-hybridized carbons (Fsp3) is 0.217. The van der Waals surface area contributed by atoms with Crippen molar-refractivity contribution >= 4 is 28.6 Å². The minimum Gasteiger partial charge on any atom is -0.361 e. The Morgan fingerprint density at radius 3 is 2.97 bits per heavy atom. The summed E-state index contributed by atoms with van der Waals surface area (Å²) in [5, 5.41) is 5.06. The molecule has 0 radical (unpaired) electrons. The van der Waals surface area contributed by atoms with E-state index in [-0.39, 0.29) is 5.91 Å². The topological polar surface area (TPSA) is 62.7 Å². The molecule has 0 spiro atoms. The third kappa shape index (κ3) is 4.38. The molecule has 4 rings (SSSR count). The van der Waals surface area contributed by atoms with E-state index in [1.165, 1.54) is 33.8 Å². The molecule has 2 heterocycles. The lowest BCUT2D eigenvalue weighted by Gasteiger charge is -2.11. The molecule has 0 saturated carbocycles. The molecule has 2 aromatic heterocycles. The monoisotopic (exact) mass is 404 g/mol. The van der Waals surface area contributed by atoms with E-state index in [2.05, 4.69) is 59.5 Å². The molecule has 1 amide bonds. The number of thioether (sulfide) groups is 1. The molecule has 29 heavy (non-hydrogen) atoms. The van der Waals surface area contributed by atoms with Gasteiger partial charge in [0.15, 0.2) is 5.16 Å². The molecule has 6 heteroatoms. The summed E-state index contributed by atoms with van der Waals surface area (Å²) in [6.07, 6.45) is 6.54. The number of aryl methyl sites for hydroxylation is 2. The molecule has 0 atom stereocenters. The summed E-state index contributed by atoms with van der Waals surface area (Å²) in [5.41, 5.74) is 5.83. The lowest BCUT2D eigenvalue weighted by Crippen LogP contribution is -2.27. The predicted molar refractivity (Wildman–Crippen MR) is 119 cm³/mol. The van der Waals surface area contributed by atoms with Crippen molar-refractivity contribution in [3.05, 3.63) is 77.7 Å². The minimum atomic E-state index is 0.0188. The highest BCUT2D eigenvalue weighted by molar-refractivity contribution is 7.99. The number of H-pyrrole nitrogens is 1. The maximum atomic E-state index is 12.3. The average molecular weight is 405 g/mol. The Morgan fingerprint density at radius 1 is 1.21 bits per heavy atom. The molecule has 0 fully saturated rings. The number of aromatic nitrogens is 3. The van der Waals surface area contributed by atoms with Crippen molar-refractivity contribution in [2.45, 2.75) is 25.4 Å². The molecule has 0 unspecified atom stereocenters. The summed E-state index contributed by atoms with van der Waals surface area (Å²) in [7, 11) is 0. The molecule has 0 saturated heterocycles. The van der Waals surface area contributed by atoms with Crippen LogP contribution in [0.3, 0.4) is 0 Å². The Morgan fingerprint density at radius 2 is 2.07 bits per heavy atom. The van der Waals surface area contributed by atoms with Crippen molar-refractivity contribution in [1.82, 2.24) is 19.9 Å². The van der Waals surface area contributed by atoms with Gasteiger partial charge in [-0.2, -0.15) is 0 Å². The molecule has 148 valence electrons. The molecular weight excluding hydrogens is 380 g/mol. The van der Waals surface area contributed by atoms with Crippen molar-refractivity contribution in [2.24, 2.45) is 0 Å². The summed E-state index contributed by atoms with van der Waals surface area (Å²) < 4.78 is 2.05. The van der Waals surface area contributed by atoms with E-state index in [1.54, 1.807) is 6.20 Å². The van der Waals surface area contributed by atoms with Crippen molar-refractivity contribution in [2.75, 3.05) is 12.3 Å². The number of nitrogens with zero attached hydrogens (tertiary/aromatic N) is 2. The zero-order valence-electron chi connectivity index (χ0n) is 16.6. The minimum absolute atomic E-state index is 0.0188. The highest BCUT2D eigenvalue weighted by Gasteiger charge is 2.11. The third-order valence-electron chi connectivity index (χ3n) is 4.95. The van der Waals surface area contributed by atoms with Gasteiger partial charge in [-0.1, -0.05) is 42.1 Å². The van der Waals surface area contributed by atoms with Crippen LogP contribution in [0.4, 0.5) is 0 Å². The lowest BCUT2D eigenvalue weighted by molar-refractivity contribution is -0.118. The fourth-order valence-electron chi connectivity index (χ4n) is 3.42. The number of imidazole rings is 1. The molecule has 0 aliphatic heterocycles. The van der Waals surface area contributed by atoms with Gasteiger partial charge in [0.05, 0.1) is 11.4 Å². The largest absolute Gasteiger partial charge is 0.361 e. The second-order valence-electron chi connectivity index (χ2n) is 7.12. The second kappa shape index (κ2) is 8.57. The van der Waals surface area contributed by atoms with Crippen LogP contribution in [0.25, 0.3) is 16.6 Å². The number of fused-ring (bicyclic) bond motifs is 1. The maximum absolute atomic E-state index is 12.3. The van der Waals surface area contributed by atoms with E-state index in [0.29, 0.717) is 12.3 Å². The number of para-hydroxylation sites is 1. The highest BCUT2D eigenvalue weighted by atomic mass is 32.2. The molecule has 0 aliphatic carbocycles. The van der Waals surface area contributed by atoms with Crippen LogP contribution in [-0.4, -0.2) is 32.7 Å². The van der Waals surface area contributed by atoms with E-state index >= 15 is 0 Å². The first kappa shape index (κ1) is 19.3. The van der Waals surface area contributed by atoms with Crippen LogP contribution in [0, 0.1) is 13.8 Å². The van der Waals surface area contributed by atoms with Gasteiger partial charge in [-0.25, -0.2) is 4.98 Å².